The lowest BCUT2D eigenvalue weighted by Crippen LogP contribution is -2.12. The van der Waals surface area contributed by atoms with E-state index in [1.165, 1.54) is 6.08 Å². The zero-order valence-electron chi connectivity index (χ0n) is 7.73. The number of carbonyl (C=O) groups excluding carboxylic acids is 1. The van der Waals surface area contributed by atoms with Crippen LogP contribution in [0.2, 0.25) is 0 Å². The second-order valence-electron chi connectivity index (χ2n) is 2.70. The van der Waals surface area contributed by atoms with Crippen LogP contribution in [-0.4, -0.2) is 18.9 Å². The summed E-state index contributed by atoms with van der Waals surface area (Å²) in [7, 11) is 0. The molecule has 0 fully saturated rings. The number of carbonyl (C=O) groups is 1. The van der Waals surface area contributed by atoms with Crippen molar-refractivity contribution >= 4 is 5.97 Å². The highest BCUT2D eigenvalue weighted by molar-refractivity contribution is 5.84. The summed E-state index contributed by atoms with van der Waals surface area (Å²) in [6, 6.07) is 0. The van der Waals surface area contributed by atoms with Crippen molar-refractivity contribution in [1.82, 2.24) is 0 Å². The zero-order valence-corrected chi connectivity index (χ0v) is 7.73. The van der Waals surface area contributed by atoms with Crippen LogP contribution < -0.4 is 0 Å². The average Bonchev–Trinajstić information content (AvgIpc) is 2.51. The first kappa shape index (κ1) is 9.99. The monoisotopic (exact) mass is 182 g/mol. The van der Waals surface area contributed by atoms with E-state index in [4.69, 9.17) is 9.47 Å². The highest BCUT2D eigenvalue weighted by Gasteiger charge is 2.15. The molecule has 0 bridgehead atoms. The summed E-state index contributed by atoms with van der Waals surface area (Å²) in [5.74, 6) is -0.325. The SMILES string of the molecule is CCC=CCCOC1C=CC(=O)O1. The van der Waals surface area contributed by atoms with Crippen LogP contribution in [0.15, 0.2) is 24.3 Å². The van der Waals surface area contributed by atoms with Crippen molar-refractivity contribution in [3.8, 4) is 0 Å². The molecule has 1 aliphatic heterocycles. The molecule has 0 amide bonds. The summed E-state index contributed by atoms with van der Waals surface area (Å²) in [5, 5.41) is 0. The molecule has 72 valence electrons. The van der Waals surface area contributed by atoms with Crippen LogP contribution in [0.25, 0.3) is 0 Å². The van der Waals surface area contributed by atoms with Gasteiger partial charge in [0.05, 0.1) is 6.61 Å². The molecule has 0 saturated carbocycles. The van der Waals surface area contributed by atoms with E-state index in [-0.39, 0.29) is 5.97 Å². The summed E-state index contributed by atoms with van der Waals surface area (Å²) in [5.41, 5.74) is 0. The zero-order chi connectivity index (χ0) is 9.52. The van der Waals surface area contributed by atoms with Gasteiger partial charge < -0.3 is 9.47 Å². The van der Waals surface area contributed by atoms with Crippen LogP contribution in [0, 0.1) is 0 Å². The van der Waals surface area contributed by atoms with E-state index in [1.54, 1.807) is 6.08 Å². The number of cyclic esters (lactones) is 1. The van der Waals surface area contributed by atoms with Gasteiger partial charge in [-0.15, -0.1) is 0 Å². The van der Waals surface area contributed by atoms with Gasteiger partial charge in [0.25, 0.3) is 0 Å². The molecular formula is C10H14O3. The number of allylic oxidation sites excluding steroid dienone is 1. The minimum Gasteiger partial charge on any atom is -0.429 e. The van der Waals surface area contributed by atoms with Crippen molar-refractivity contribution in [3.05, 3.63) is 24.3 Å². The third kappa shape index (κ3) is 3.90. The van der Waals surface area contributed by atoms with E-state index in [1.807, 2.05) is 0 Å². The van der Waals surface area contributed by atoms with Gasteiger partial charge in [0, 0.05) is 6.08 Å². The first-order valence-electron chi connectivity index (χ1n) is 4.48. The Morgan fingerprint density at radius 2 is 2.46 bits per heavy atom. The summed E-state index contributed by atoms with van der Waals surface area (Å²) < 4.78 is 10.0. The fourth-order valence-electron chi connectivity index (χ4n) is 0.977. The Morgan fingerprint density at radius 3 is 3.08 bits per heavy atom. The quantitative estimate of drug-likeness (QED) is 0.369. The van der Waals surface area contributed by atoms with Crippen molar-refractivity contribution in [2.45, 2.75) is 26.1 Å². The van der Waals surface area contributed by atoms with Crippen molar-refractivity contribution in [1.29, 1.82) is 0 Å². The van der Waals surface area contributed by atoms with Gasteiger partial charge >= 0.3 is 5.97 Å². The highest BCUT2D eigenvalue weighted by atomic mass is 16.7. The van der Waals surface area contributed by atoms with Crippen LogP contribution in [0.5, 0.6) is 0 Å². The summed E-state index contributed by atoms with van der Waals surface area (Å²) in [6.07, 6.45) is 8.56. The van der Waals surface area contributed by atoms with E-state index in [0.717, 1.165) is 12.8 Å². The fraction of sp³-hybridized carbons (Fsp3) is 0.500. The first-order valence-corrected chi connectivity index (χ1v) is 4.48. The Labute approximate surface area is 78.0 Å². The van der Waals surface area contributed by atoms with E-state index in [9.17, 15) is 4.79 Å². The van der Waals surface area contributed by atoms with Gasteiger partial charge in [0.1, 0.15) is 0 Å². The van der Waals surface area contributed by atoms with Crippen LogP contribution in [-0.2, 0) is 14.3 Å². The minimum atomic E-state index is -0.470. The van der Waals surface area contributed by atoms with E-state index in [0.29, 0.717) is 6.61 Å². The molecule has 13 heavy (non-hydrogen) atoms. The Kier molecular flexibility index (Phi) is 4.26. The Hall–Kier alpha value is -1.09. The molecule has 0 aromatic rings. The molecule has 0 spiro atoms. The summed E-state index contributed by atoms with van der Waals surface area (Å²) in [4.78, 5) is 10.6. The molecule has 0 aromatic heterocycles. The standard InChI is InChI=1S/C10H14O3/c1-2-3-4-5-8-12-10-7-6-9(11)13-10/h3-4,6-7,10H,2,5,8H2,1H3. The molecule has 0 aromatic carbocycles. The number of hydrogen-bond acceptors (Lipinski definition) is 3. The summed E-state index contributed by atoms with van der Waals surface area (Å²) >= 11 is 0. The van der Waals surface area contributed by atoms with Gasteiger partial charge in [0.15, 0.2) is 0 Å². The van der Waals surface area contributed by atoms with Gasteiger partial charge in [-0.3, -0.25) is 0 Å². The molecule has 1 atom stereocenters. The lowest BCUT2D eigenvalue weighted by molar-refractivity contribution is -0.157. The first-order chi connectivity index (χ1) is 6.33. The number of rotatable bonds is 5. The van der Waals surface area contributed by atoms with Gasteiger partial charge in [-0.25, -0.2) is 4.79 Å². The molecule has 1 rings (SSSR count). The maximum Gasteiger partial charge on any atom is 0.333 e. The highest BCUT2D eigenvalue weighted by Crippen LogP contribution is 2.06. The molecule has 0 saturated heterocycles. The van der Waals surface area contributed by atoms with Gasteiger partial charge in [-0.05, 0) is 18.9 Å². The predicted octanol–water partition coefficient (Wildman–Crippen LogP) is 1.80. The predicted molar refractivity (Wildman–Crippen MR) is 49.0 cm³/mol. The molecule has 0 radical (unpaired) electrons. The van der Waals surface area contributed by atoms with Crippen LogP contribution in [0.1, 0.15) is 19.8 Å². The molecule has 1 aliphatic rings. The summed E-state index contributed by atoms with van der Waals surface area (Å²) in [6.45, 7) is 2.66. The minimum absolute atomic E-state index is 0.325. The number of ether oxygens (including phenoxy) is 2. The normalized spacial score (nSPS) is 21.3. The molecule has 3 nitrogen and oxygen atoms in total. The second-order valence-corrected chi connectivity index (χ2v) is 2.70. The molecule has 0 N–H and O–H groups in total. The maximum atomic E-state index is 10.6. The van der Waals surface area contributed by atoms with Crippen LogP contribution in [0.3, 0.4) is 0 Å². The second kappa shape index (κ2) is 5.54. The lowest BCUT2D eigenvalue weighted by atomic mass is 10.3. The molecule has 0 aliphatic carbocycles. The lowest BCUT2D eigenvalue weighted by Gasteiger charge is -2.07. The third-order valence-corrected chi connectivity index (χ3v) is 1.59. The number of esters is 1. The molecule has 1 unspecified atom stereocenters. The Morgan fingerprint density at radius 1 is 1.62 bits per heavy atom. The molecule has 1 heterocycles. The average molecular weight is 182 g/mol. The fourth-order valence-corrected chi connectivity index (χ4v) is 0.977. The third-order valence-electron chi connectivity index (χ3n) is 1.59. The van der Waals surface area contributed by atoms with Crippen molar-refractivity contribution in [3.63, 3.8) is 0 Å². The maximum absolute atomic E-state index is 10.6. The van der Waals surface area contributed by atoms with Gasteiger partial charge in [-0.2, -0.15) is 0 Å². The Balaban J connectivity index is 2.04. The molecular weight excluding hydrogens is 168 g/mol. The van der Waals surface area contributed by atoms with E-state index in [2.05, 4.69) is 19.1 Å². The van der Waals surface area contributed by atoms with Crippen molar-refractivity contribution < 1.29 is 14.3 Å². The van der Waals surface area contributed by atoms with Gasteiger partial charge in [-0.1, -0.05) is 19.1 Å². The van der Waals surface area contributed by atoms with E-state index >= 15 is 0 Å². The van der Waals surface area contributed by atoms with Crippen molar-refractivity contribution in [2.24, 2.45) is 0 Å². The Bertz CT molecular complexity index is 218. The van der Waals surface area contributed by atoms with Crippen LogP contribution in [0.4, 0.5) is 0 Å². The largest absolute Gasteiger partial charge is 0.429 e. The number of hydrogen-bond donors (Lipinski definition) is 0. The van der Waals surface area contributed by atoms with Crippen molar-refractivity contribution in [2.75, 3.05) is 6.61 Å². The smallest absolute Gasteiger partial charge is 0.333 e. The van der Waals surface area contributed by atoms with Gasteiger partial charge in [0.2, 0.25) is 6.29 Å². The molecule has 3 heteroatoms. The van der Waals surface area contributed by atoms with E-state index < -0.39 is 6.29 Å². The topological polar surface area (TPSA) is 35.5 Å². The van der Waals surface area contributed by atoms with Crippen LogP contribution >= 0.6 is 0 Å².